The van der Waals surface area contributed by atoms with Crippen molar-refractivity contribution in [3.05, 3.63) is 11.9 Å². The van der Waals surface area contributed by atoms with Gasteiger partial charge in [-0.05, 0) is 18.8 Å². The van der Waals surface area contributed by atoms with Crippen molar-refractivity contribution in [1.29, 1.82) is 0 Å². The number of carbonyl (C=O) groups is 1. The number of hydrogen-bond donors (Lipinski definition) is 3. The first-order valence-corrected chi connectivity index (χ1v) is 8.87. The zero-order chi connectivity index (χ0) is 15.8. The van der Waals surface area contributed by atoms with Gasteiger partial charge in [0.1, 0.15) is 6.04 Å². The Morgan fingerprint density at radius 1 is 1.43 bits per heavy atom. The first-order valence-electron chi connectivity index (χ1n) is 8.87. The summed E-state index contributed by atoms with van der Waals surface area (Å²) in [6.07, 6.45) is 7.09. The third-order valence-electron chi connectivity index (χ3n) is 5.67. The van der Waals surface area contributed by atoms with Crippen molar-refractivity contribution in [3.8, 4) is 0 Å². The van der Waals surface area contributed by atoms with Crippen LogP contribution in [0.15, 0.2) is 6.20 Å². The van der Waals surface area contributed by atoms with Gasteiger partial charge in [-0.25, -0.2) is 4.68 Å². The predicted octanol–water partition coefficient (Wildman–Crippen LogP) is -1.62. The van der Waals surface area contributed by atoms with Gasteiger partial charge in [0.15, 0.2) is 0 Å². The molecule has 1 amide bonds. The average molecular weight is 320 g/mol. The third-order valence-corrected chi connectivity index (χ3v) is 5.67. The molecule has 3 N–H and O–H groups in total. The number of quaternary nitrogens is 1. The quantitative estimate of drug-likeness (QED) is 0.588. The summed E-state index contributed by atoms with van der Waals surface area (Å²) < 4.78 is 1.91. The zero-order valence-corrected chi connectivity index (χ0v) is 13.4. The number of aliphatic hydroxyl groups is 1. The molecule has 4 fully saturated rings. The highest BCUT2D eigenvalue weighted by molar-refractivity contribution is 5.79. The van der Waals surface area contributed by atoms with Gasteiger partial charge in [-0.1, -0.05) is 5.21 Å². The first kappa shape index (κ1) is 15.1. The molecule has 3 aliphatic heterocycles. The molecule has 1 aromatic heterocycles. The summed E-state index contributed by atoms with van der Waals surface area (Å²) in [6, 6.07) is 0.992. The fourth-order valence-electron chi connectivity index (χ4n) is 4.24. The van der Waals surface area contributed by atoms with Gasteiger partial charge in [0.25, 0.3) is 0 Å². The topological polar surface area (TPSA) is 84.5 Å². The number of nitrogens with one attached hydrogen (secondary N) is 2. The van der Waals surface area contributed by atoms with Crippen molar-refractivity contribution in [1.82, 2.24) is 20.3 Å². The highest BCUT2D eigenvalue weighted by Crippen LogP contribution is 2.29. The van der Waals surface area contributed by atoms with E-state index >= 15 is 0 Å². The van der Waals surface area contributed by atoms with Crippen LogP contribution >= 0.6 is 0 Å². The Labute approximate surface area is 136 Å². The van der Waals surface area contributed by atoms with Crippen LogP contribution in [0.5, 0.6) is 0 Å². The molecule has 23 heavy (non-hydrogen) atoms. The van der Waals surface area contributed by atoms with Gasteiger partial charge < -0.3 is 15.3 Å². The largest absolute Gasteiger partial charge is 0.396 e. The maximum absolute atomic E-state index is 12.4. The van der Waals surface area contributed by atoms with Crippen molar-refractivity contribution in [2.24, 2.45) is 11.8 Å². The fourth-order valence-corrected chi connectivity index (χ4v) is 4.24. The summed E-state index contributed by atoms with van der Waals surface area (Å²) in [5, 5.41) is 20.4. The minimum absolute atomic E-state index is 0.110. The minimum Gasteiger partial charge on any atom is -0.396 e. The van der Waals surface area contributed by atoms with Crippen LogP contribution in [0, 0.1) is 11.8 Å². The molecule has 1 aromatic rings. The van der Waals surface area contributed by atoms with E-state index < -0.39 is 0 Å². The maximum atomic E-state index is 12.4. The number of carbonyl (C=O) groups excluding carboxylic acids is 1. The highest BCUT2D eigenvalue weighted by atomic mass is 16.3. The molecule has 0 radical (unpaired) electrons. The molecule has 7 heteroatoms. The maximum Gasteiger partial charge on any atom is 0.229 e. The standard InChI is InChI=1S/C16H25N5O2/c22-6-4-13-8-21(19-18-13)9-14-7-11-3-5-20(14)10-15(11)16(23)17-12-1-2-12/h8,11-12,14-15,22H,1-7,9-10H2,(H,17,23)/p+1/t11-,14-,15+/m1/s1. The highest BCUT2D eigenvalue weighted by Gasteiger charge is 2.47. The minimum atomic E-state index is 0.110. The molecule has 0 spiro atoms. The van der Waals surface area contributed by atoms with Crippen molar-refractivity contribution in [2.75, 3.05) is 19.7 Å². The van der Waals surface area contributed by atoms with E-state index in [0.29, 0.717) is 30.3 Å². The Kier molecular flexibility index (Phi) is 4.07. The van der Waals surface area contributed by atoms with Gasteiger partial charge in [0.2, 0.25) is 5.91 Å². The number of rotatable bonds is 6. The van der Waals surface area contributed by atoms with Gasteiger partial charge in [-0.2, -0.15) is 0 Å². The number of hydrogen-bond acceptors (Lipinski definition) is 4. The molecule has 1 unspecified atom stereocenters. The second-order valence-corrected chi connectivity index (χ2v) is 7.39. The average Bonchev–Trinajstić information content (AvgIpc) is 3.27. The number of aromatic nitrogens is 3. The van der Waals surface area contributed by atoms with Gasteiger partial charge in [-0.3, -0.25) is 4.79 Å². The van der Waals surface area contributed by atoms with Gasteiger partial charge in [0, 0.05) is 38.1 Å². The summed E-state index contributed by atoms with van der Waals surface area (Å²) >= 11 is 0. The van der Waals surface area contributed by atoms with Crippen LogP contribution < -0.4 is 10.2 Å². The summed E-state index contributed by atoms with van der Waals surface area (Å²) in [5.41, 5.74) is 0.847. The molecule has 1 saturated carbocycles. The number of aliphatic hydroxyl groups excluding tert-OH is 1. The number of piperidine rings is 3. The van der Waals surface area contributed by atoms with Crippen LogP contribution in [0.4, 0.5) is 0 Å². The molecule has 2 bridgehead atoms. The van der Waals surface area contributed by atoms with E-state index in [1.165, 1.54) is 13.0 Å². The number of fused-ring (bicyclic) bond motifs is 3. The fraction of sp³-hybridized carbons (Fsp3) is 0.812. The Balaban J connectivity index is 1.36. The van der Waals surface area contributed by atoms with Crippen molar-refractivity contribution >= 4 is 5.91 Å². The Hall–Kier alpha value is -1.47. The van der Waals surface area contributed by atoms with E-state index in [1.807, 2.05) is 10.9 Å². The Morgan fingerprint density at radius 3 is 3.00 bits per heavy atom. The lowest BCUT2D eigenvalue weighted by Crippen LogP contribution is -3.20. The van der Waals surface area contributed by atoms with Crippen LogP contribution in [-0.2, 0) is 17.8 Å². The molecule has 126 valence electrons. The van der Waals surface area contributed by atoms with Gasteiger partial charge >= 0.3 is 0 Å². The van der Waals surface area contributed by atoms with Crippen molar-refractivity contribution < 1.29 is 14.8 Å². The Bertz CT molecular complexity index is 571. The third kappa shape index (κ3) is 3.26. The van der Waals surface area contributed by atoms with Crippen LogP contribution in [0.1, 0.15) is 31.4 Å². The van der Waals surface area contributed by atoms with Gasteiger partial charge in [0.05, 0.1) is 31.2 Å². The molecule has 4 heterocycles. The van der Waals surface area contributed by atoms with Crippen LogP contribution in [0.2, 0.25) is 0 Å². The molecule has 3 saturated heterocycles. The monoisotopic (exact) mass is 320 g/mol. The van der Waals surface area contributed by atoms with E-state index in [2.05, 4.69) is 15.6 Å². The summed E-state index contributed by atoms with van der Waals surface area (Å²) in [5.74, 6) is 1.02. The van der Waals surface area contributed by atoms with Crippen LogP contribution in [0.3, 0.4) is 0 Å². The van der Waals surface area contributed by atoms with Gasteiger partial charge in [-0.15, -0.1) is 5.10 Å². The molecule has 0 aromatic carbocycles. The lowest BCUT2D eigenvalue weighted by atomic mass is 9.75. The summed E-state index contributed by atoms with van der Waals surface area (Å²) in [4.78, 5) is 13.9. The van der Waals surface area contributed by atoms with E-state index in [4.69, 9.17) is 5.11 Å². The molecular formula is C16H26N5O2+. The number of nitrogens with zero attached hydrogens (tertiary/aromatic N) is 3. The molecule has 7 nitrogen and oxygen atoms in total. The smallest absolute Gasteiger partial charge is 0.229 e. The van der Waals surface area contributed by atoms with Crippen molar-refractivity contribution in [2.45, 2.75) is 50.7 Å². The molecule has 1 aliphatic carbocycles. The molecule has 4 atom stereocenters. The van der Waals surface area contributed by atoms with E-state index in [-0.39, 0.29) is 12.5 Å². The molecule has 5 rings (SSSR count). The van der Waals surface area contributed by atoms with Crippen LogP contribution in [0.25, 0.3) is 0 Å². The lowest BCUT2D eigenvalue weighted by molar-refractivity contribution is -0.945. The normalized spacial score (nSPS) is 32.9. The second-order valence-electron chi connectivity index (χ2n) is 7.39. The van der Waals surface area contributed by atoms with E-state index in [1.54, 1.807) is 4.90 Å². The van der Waals surface area contributed by atoms with E-state index in [9.17, 15) is 4.79 Å². The number of amides is 1. The summed E-state index contributed by atoms with van der Waals surface area (Å²) in [7, 11) is 0. The van der Waals surface area contributed by atoms with Crippen molar-refractivity contribution in [3.63, 3.8) is 0 Å². The lowest BCUT2D eigenvalue weighted by Gasteiger charge is -2.46. The first-order chi connectivity index (χ1) is 11.2. The molecular weight excluding hydrogens is 294 g/mol. The Morgan fingerprint density at radius 2 is 2.30 bits per heavy atom. The second kappa shape index (κ2) is 6.20. The molecule has 4 aliphatic rings. The van der Waals surface area contributed by atoms with E-state index in [0.717, 1.165) is 38.0 Å². The summed E-state index contributed by atoms with van der Waals surface area (Å²) in [6.45, 7) is 3.10. The predicted molar refractivity (Wildman–Crippen MR) is 82.7 cm³/mol. The zero-order valence-electron chi connectivity index (χ0n) is 13.4. The van der Waals surface area contributed by atoms with Crippen LogP contribution in [-0.4, -0.2) is 57.8 Å². The SMILES string of the molecule is O=C(NC1CC1)[C@H]1C[NH+]2CC[C@@H]1C[C@@H]2Cn1cc(CCO)nn1.